The van der Waals surface area contributed by atoms with Crippen LogP contribution in [0, 0.1) is 0 Å². The van der Waals surface area contributed by atoms with Gasteiger partial charge in [0.15, 0.2) is 0 Å². The van der Waals surface area contributed by atoms with Gasteiger partial charge in [-0.25, -0.2) is 13.1 Å². The van der Waals surface area contributed by atoms with Crippen molar-refractivity contribution >= 4 is 27.7 Å². The normalized spacial score (nSPS) is 17.4. The highest BCUT2D eigenvalue weighted by Crippen LogP contribution is 2.20. The monoisotopic (exact) mass is 377 g/mol. The van der Waals surface area contributed by atoms with E-state index in [1.54, 1.807) is 42.4 Å². The van der Waals surface area contributed by atoms with E-state index in [9.17, 15) is 13.2 Å². The molecule has 1 amide bonds. The van der Waals surface area contributed by atoms with Crippen molar-refractivity contribution < 1.29 is 13.2 Å². The Bertz CT molecular complexity index is 835. The van der Waals surface area contributed by atoms with Crippen LogP contribution in [0.4, 0.5) is 0 Å². The Labute approximate surface area is 151 Å². The summed E-state index contributed by atoms with van der Waals surface area (Å²) in [6, 6.07) is 9.70. The Morgan fingerprint density at radius 2 is 2.16 bits per heavy atom. The number of nitrogens with one attached hydrogen (secondary N) is 2. The van der Waals surface area contributed by atoms with Crippen LogP contribution < -0.4 is 10.0 Å². The fourth-order valence-electron chi connectivity index (χ4n) is 2.51. The van der Waals surface area contributed by atoms with Crippen LogP contribution in [0.2, 0.25) is 0 Å². The number of hydrogen-bond acceptors (Lipinski definition) is 5. The van der Waals surface area contributed by atoms with Crippen molar-refractivity contribution in [3.8, 4) is 0 Å². The van der Waals surface area contributed by atoms with E-state index in [2.05, 4.69) is 15.0 Å². The number of aromatic nitrogens is 1. The molecule has 3 rings (SSSR count). The maximum Gasteiger partial charge on any atom is 0.251 e. The van der Waals surface area contributed by atoms with Gasteiger partial charge in [-0.1, -0.05) is 12.1 Å². The third-order valence-electron chi connectivity index (χ3n) is 3.83. The van der Waals surface area contributed by atoms with E-state index in [1.807, 2.05) is 6.07 Å². The lowest BCUT2D eigenvalue weighted by molar-refractivity contribution is 0.0950. The van der Waals surface area contributed by atoms with E-state index in [0.29, 0.717) is 12.1 Å². The highest BCUT2D eigenvalue weighted by molar-refractivity contribution is 7.99. The van der Waals surface area contributed by atoms with Crippen LogP contribution in [0.25, 0.3) is 0 Å². The van der Waals surface area contributed by atoms with E-state index in [1.165, 1.54) is 12.1 Å². The lowest BCUT2D eigenvalue weighted by Gasteiger charge is -2.13. The van der Waals surface area contributed by atoms with Crippen molar-refractivity contribution in [2.45, 2.75) is 23.9 Å². The van der Waals surface area contributed by atoms with Crippen LogP contribution in [-0.2, 0) is 16.6 Å². The molecule has 1 aliphatic heterocycles. The fraction of sp³-hybridized carbons (Fsp3) is 0.294. The molecule has 2 aromatic rings. The summed E-state index contributed by atoms with van der Waals surface area (Å²) in [5.74, 6) is 1.42. The fourth-order valence-corrected chi connectivity index (χ4v) is 5.08. The number of sulfonamides is 1. The predicted molar refractivity (Wildman–Crippen MR) is 97.9 cm³/mol. The Morgan fingerprint density at radius 1 is 1.28 bits per heavy atom. The highest BCUT2D eigenvalue weighted by Gasteiger charge is 2.23. The molecular weight excluding hydrogens is 358 g/mol. The summed E-state index contributed by atoms with van der Waals surface area (Å²) in [6.07, 6.45) is 4.16. The van der Waals surface area contributed by atoms with Crippen molar-refractivity contribution in [1.82, 2.24) is 15.0 Å². The number of carbonyl (C=O) groups excluding carboxylic acids is 1. The smallest absolute Gasteiger partial charge is 0.251 e. The quantitative estimate of drug-likeness (QED) is 0.801. The summed E-state index contributed by atoms with van der Waals surface area (Å²) in [6.45, 7) is 0.335. The minimum absolute atomic E-state index is 0.0435. The molecule has 2 heterocycles. The molecule has 1 aromatic carbocycles. The first-order valence-electron chi connectivity index (χ1n) is 7.92. The molecule has 1 aromatic heterocycles. The molecule has 0 radical (unpaired) electrons. The average molecular weight is 377 g/mol. The molecule has 0 aliphatic carbocycles. The van der Waals surface area contributed by atoms with Crippen molar-refractivity contribution in [3.05, 3.63) is 59.9 Å². The molecule has 0 bridgehead atoms. The second-order valence-corrected chi connectivity index (χ2v) is 8.62. The summed E-state index contributed by atoms with van der Waals surface area (Å²) in [5.41, 5.74) is 1.19. The summed E-state index contributed by atoms with van der Waals surface area (Å²) < 4.78 is 27.7. The largest absolute Gasteiger partial charge is 0.348 e. The first-order chi connectivity index (χ1) is 12.0. The van der Waals surface area contributed by atoms with Crippen molar-refractivity contribution in [3.63, 3.8) is 0 Å². The minimum Gasteiger partial charge on any atom is -0.348 e. The molecule has 6 nitrogen and oxygen atoms in total. The number of hydrogen-bond donors (Lipinski definition) is 2. The molecule has 1 atom stereocenters. The number of rotatable bonds is 6. The molecule has 2 N–H and O–H groups in total. The highest BCUT2D eigenvalue weighted by atomic mass is 32.2. The van der Waals surface area contributed by atoms with Crippen LogP contribution in [0.1, 0.15) is 22.3 Å². The zero-order valence-electron chi connectivity index (χ0n) is 13.5. The zero-order valence-corrected chi connectivity index (χ0v) is 15.1. The van der Waals surface area contributed by atoms with E-state index < -0.39 is 10.0 Å². The minimum atomic E-state index is -3.62. The van der Waals surface area contributed by atoms with Crippen molar-refractivity contribution in [2.24, 2.45) is 0 Å². The SMILES string of the molecule is O=C(NCc1cccnc1)c1cccc(S(=O)(=O)N[C@H]2CCSC2)c1. The van der Waals surface area contributed by atoms with Gasteiger partial charge in [0, 0.05) is 36.3 Å². The summed E-state index contributed by atoms with van der Waals surface area (Å²) >= 11 is 1.73. The molecule has 8 heteroatoms. The van der Waals surface area contributed by atoms with Crippen LogP contribution in [0.5, 0.6) is 0 Å². The molecular formula is C17H19N3O3S2. The number of carbonyl (C=O) groups is 1. The molecule has 1 fully saturated rings. The van der Waals surface area contributed by atoms with E-state index in [-0.39, 0.29) is 16.8 Å². The van der Waals surface area contributed by atoms with Crippen LogP contribution in [-0.4, -0.2) is 36.9 Å². The van der Waals surface area contributed by atoms with Gasteiger partial charge < -0.3 is 5.32 Å². The number of benzene rings is 1. The summed E-state index contributed by atoms with van der Waals surface area (Å²) in [7, 11) is -3.62. The third kappa shape index (κ3) is 4.81. The zero-order chi connectivity index (χ0) is 17.7. The Kier molecular flexibility index (Phi) is 5.72. The molecule has 132 valence electrons. The van der Waals surface area contributed by atoms with E-state index >= 15 is 0 Å². The van der Waals surface area contributed by atoms with Crippen molar-refractivity contribution in [2.75, 3.05) is 11.5 Å². The summed E-state index contributed by atoms with van der Waals surface area (Å²) in [4.78, 5) is 16.4. The standard InChI is InChI=1S/C17H19N3O3S2/c21-17(19-11-13-3-2-7-18-10-13)14-4-1-5-16(9-14)25(22,23)20-15-6-8-24-12-15/h1-5,7,9-10,15,20H,6,8,11-12H2,(H,19,21)/t15-/m0/s1. The van der Waals surface area contributed by atoms with Gasteiger partial charge in [0.25, 0.3) is 5.91 Å². The Morgan fingerprint density at radius 3 is 2.88 bits per heavy atom. The molecule has 25 heavy (non-hydrogen) atoms. The van der Waals surface area contributed by atoms with Gasteiger partial charge in [-0.2, -0.15) is 11.8 Å². The maximum atomic E-state index is 12.5. The molecule has 0 unspecified atom stereocenters. The summed E-state index contributed by atoms with van der Waals surface area (Å²) in [5, 5.41) is 2.77. The molecule has 0 saturated carbocycles. The van der Waals surface area contributed by atoms with Crippen molar-refractivity contribution in [1.29, 1.82) is 0 Å². The lowest BCUT2D eigenvalue weighted by atomic mass is 10.2. The van der Waals surface area contributed by atoms with Crippen LogP contribution in [0.15, 0.2) is 53.7 Å². The van der Waals surface area contributed by atoms with Gasteiger partial charge in [-0.3, -0.25) is 9.78 Å². The van der Waals surface area contributed by atoms with Gasteiger partial charge >= 0.3 is 0 Å². The van der Waals surface area contributed by atoms with Gasteiger partial charge in [-0.15, -0.1) is 0 Å². The Balaban J connectivity index is 1.68. The number of nitrogens with zero attached hydrogens (tertiary/aromatic N) is 1. The number of amides is 1. The number of pyridine rings is 1. The van der Waals surface area contributed by atoms with Gasteiger partial charge in [0.2, 0.25) is 10.0 Å². The van der Waals surface area contributed by atoms with E-state index in [4.69, 9.17) is 0 Å². The number of thioether (sulfide) groups is 1. The second-order valence-electron chi connectivity index (χ2n) is 5.75. The molecule has 0 spiro atoms. The lowest BCUT2D eigenvalue weighted by Crippen LogP contribution is -2.34. The Hall–Kier alpha value is -1.90. The maximum absolute atomic E-state index is 12.5. The second kappa shape index (κ2) is 7.99. The van der Waals surface area contributed by atoms with E-state index in [0.717, 1.165) is 23.5 Å². The van der Waals surface area contributed by atoms with Gasteiger partial charge in [0.05, 0.1) is 4.90 Å². The van der Waals surface area contributed by atoms with Gasteiger partial charge in [-0.05, 0) is 42.0 Å². The topological polar surface area (TPSA) is 88.2 Å². The molecule has 1 aliphatic rings. The first kappa shape index (κ1) is 17.9. The third-order valence-corrected chi connectivity index (χ3v) is 6.51. The van der Waals surface area contributed by atoms with Crippen LogP contribution in [0.3, 0.4) is 0 Å². The first-order valence-corrected chi connectivity index (χ1v) is 10.6. The van der Waals surface area contributed by atoms with Crippen LogP contribution >= 0.6 is 11.8 Å². The van der Waals surface area contributed by atoms with Gasteiger partial charge in [0.1, 0.15) is 0 Å². The predicted octanol–water partition coefficient (Wildman–Crippen LogP) is 1.80. The molecule has 1 saturated heterocycles. The average Bonchev–Trinajstić information content (AvgIpc) is 3.13.